The number of aromatic nitrogens is 2. The molecule has 0 fully saturated rings. The van der Waals surface area contributed by atoms with E-state index in [1.54, 1.807) is 0 Å². The third kappa shape index (κ3) is 4.89. The van der Waals surface area contributed by atoms with Crippen LogP contribution < -0.4 is 5.32 Å². The molecule has 220 valence electrons. The fraction of sp³-hybridized carbons (Fsp3) is 0.179. The third-order valence-electron chi connectivity index (χ3n) is 8.65. The van der Waals surface area contributed by atoms with Gasteiger partial charge >= 0.3 is 0 Å². The molecular formula is C39H37N3O2. The van der Waals surface area contributed by atoms with Crippen molar-refractivity contribution in [2.24, 2.45) is 5.92 Å². The van der Waals surface area contributed by atoms with Crippen LogP contribution in [0.5, 0.6) is 0 Å². The van der Waals surface area contributed by atoms with Gasteiger partial charge in [-0.05, 0) is 64.1 Å². The first-order valence-electron chi connectivity index (χ1n) is 15.2. The fourth-order valence-electron chi connectivity index (χ4n) is 6.35. The molecule has 5 aromatic carbocycles. The van der Waals surface area contributed by atoms with Gasteiger partial charge in [0.15, 0.2) is 0 Å². The average Bonchev–Trinajstić information content (AvgIpc) is 3.57. The monoisotopic (exact) mass is 579 g/mol. The number of imidazole rings is 1. The molecule has 0 aliphatic rings. The van der Waals surface area contributed by atoms with Gasteiger partial charge in [0, 0.05) is 18.3 Å². The number of hydrogen-bond donors (Lipinski definition) is 2. The van der Waals surface area contributed by atoms with Gasteiger partial charge in [0.05, 0.1) is 12.0 Å². The molecule has 0 radical (unpaired) electrons. The number of benzene rings is 5. The molecule has 1 aromatic heterocycles. The number of carbonyl (C=O) groups is 1. The number of fused-ring (bicyclic) bond motifs is 1. The summed E-state index contributed by atoms with van der Waals surface area (Å²) in [7, 11) is 0. The Labute approximate surface area is 258 Å². The molecule has 6 aromatic rings. The summed E-state index contributed by atoms with van der Waals surface area (Å²) in [4.78, 5) is 17.3. The van der Waals surface area contributed by atoms with E-state index in [0.29, 0.717) is 17.8 Å². The first-order valence-corrected chi connectivity index (χ1v) is 15.2. The number of aliphatic hydroxyl groups is 1. The zero-order valence-corrected chi connectivity index (χ0v) is 25.3. The summed E-state index contributed by atoms with van der Waals surface area (Å²) in [6.07, 6.45) is 3.84. The molecule has 0 aliphatic heterocycles. The van der Waals surface area contributed by atoms with E-state index >= 15 is 0 Å². The molecule has 44 heavy (non-hydrogen) atoms. The van der Waals surface area contributed by atoms with Crippen molar-refractivity contribution in [2.45, 2.75) is 31.9 Å². The summed E-state index contributed by atoms with van der Waals surface area (Å²) < 4.78 is 2.13. The molecule has 1 atom stereocenters. The highest BCUT2D eigenvalue weighted by Crippen LogP contribution is 2.43. The maximum Gasteiger partial charge on any atom is 0.251 e. The van der Waals surface area contributed by atoms with Crippen molar-refractivity contribution in [3.8, 4) is 0 Å². The molecule has 1 unspecified atom stereocenters. The lowest BCUT2D eigenvalue weighted by Crippen LogP contribution is -2.37. The second kappa shape index (κ2) is 11.9. The van der Waals surface area contributed by atoms with E-state index in [4.69, 9.17) is 4.98 Å². The van der Waals surface area contributed by atoms with Crippen molar-refractivity contribution in [3.05, 3.63) is 173 Å². The molecule has 0 saturated carbocycles. The third-order valence-corrected chi connectivity index (χ3v) is 8.65. The standard InChI is InChI=1S/C39H37N3O2/c1-4-40-37(43)31-21-20-30-25-35(23-22-29(30)24-31)39(44,28(2)3)36-26-42(27-41-36)38(32-14-8-5-9-15-32,33-16-10-6-11-17-33)34-18-12-7-13-19-34/h5-28,44H,4H2,1-3H3,(H,40,43). The second-order valence-corrected chi connectivity index (χ2v) is 11.5. The van der Waals surface area contributed by atoms with E-state index in [1.807, 2.05) is 87.9 Å². The van der Waals surface area contributed by atoms with Crippen molar-refractivity contribution in [2.75, 3.05) is 6.54 Å². The summed E-state index contributed by atoms with van der Waals surface area (Å²) >= 11 is 0. The SMILES string of the molecule is CCNC(=O)c1ccc2cc(C(O)(c3cn(C(c4ccccc4)(c4ccccc4)c4ccccc4)cn3)C(C)C)ccc2c1. The number of amides is 1. The Hall–Kier alpha value is -5.00. The molecule has 1 heterocycles. The lowest BCUT2D eigenvalue weighted by atomic mass is 9.76. The van der Waals surface area contributed by atoms with Crippen LogP contribution in [0.25, 0.3) is 10.8 Å². The van der Waals surface area contributed by atoms with Gasteiger partial charge in [0.1, 0.15) is 11.1 Å². The minimum Gasteiger partial charge on any atom is -0.378 e. The van der Waals surface area contributed by atoms with Crippen molar-refractivity contribution in [3.63, 3.8) is 0 Å². The van der Waals surface area contributed by atoms with Gasteiger partial charge in [-0.2, -0.15) is 0 Å². The van der Waals surface area contributed by atoms with Gasteiger partial charge in [-0.3, -0.25) is 4.79 Å². The van der Waals surface area contributed by atoms with Crippen LogP contribution >= 0.6 is 0 Å². The number of rotatable bonds is 9. The van der Waals surface area contributed by atoms with Crippen LogP contribution in [0.4, 0.5) is 0 Å². The van der Waals surface area contributed by atoms with E-state index < -0.39 is 11.1 Å². The van der Waals surface area contributed by atoms with Crippen molar-refractivity contribution in [1.29, 1.82) is 0 Å². The Morgan fingerprint density at radius 2 is 1.27 bits per heavy atom. The predicted molar refractivity (Wildman–Crippen MR) is 177 cm³/mol. The van der Waals surface area contributed by atoms with Gasteiger partial charge in [-0.1, -0.05) is 123 Å². The Kier molecular flexibility index (Phi) is 7.90. The predicted octanol–water partition coefficient (Wildman–Crippen LogP) is 7.52. The minimum atomic E-state index is -1.37. The van der Waals surface area contributed by atoms with E-state index in [1.165, 1.54) is 0 Å². The smallest absolute Gasteiger partial charge is 0.251 e. The van der Waals surface area contributed by atoms with Crippen LogP contribution in [0, 0.1) is 5.92 Å². The van der Waals surface area contributed by atoms with Gasteiger partial charge in [-0.15, -0.1) is 0 Å². The van der Waals surface area contributed by atoms with E-state index in [-0.39, 0.29) is 11.8 Å². The lowest BCUT2D eigenvalue weighted by molar-refractivity contribution is 0.0279. The van der Waals surface area contributed by atoms with Gasteiger partial charge in [-0.25, -0.2) is 4.98 Å². The second-order valence-electron chi connectivity index (χ2n) is 11.5. The maximum absolute atomic E-state index is 12.6. The molecule has 5 nitrogen and oxygen atoms in total. The number of carbonyl (C=O) groups excluding carboxylic acids is 1. The topological polar surface area (TPSA) is 67.2 Å². The van der Waals surface area contributed by atoms with Crippen molar-refractivity contribution < 1.29 is 9.90 Å². The van der Waals surface area contributed by atoms with E-state index in [0.717, 1.165) is 33.0 Å². The average molecular weight is 580 g/mol. The lowest BCUT2D eigenvalue weighted by Gasteiger charge is -2.37. The summed E-state index contributed by atoms with van der Waals surface area (Å²) in [5.41, 5.74) is 3.09. The number of hydrogen-bond acceptors (Lipinski definition) is 3. The Balaban J connectivity index is 1.52. The maximum atomic E-state index is 12.6. The molecule has 5 heteroatoms. The Morgan fingerprint density at radius 1 is 0.750 bits per heavy atom. The number of nitrogens with one attached hydrogen (secondary N) is 1. The molecule has 0 bridgehead atoms. The largest absolute Gasteiger partial charge is 0.378 e. The van der Waals surface area contributed by atoms with E-state index in [9.17, 15) is 9.90 Å². The highest BCUT2D eigenvalue weighted by atomic mass is 16.3. The molecular weight excluding hydrogens is 542 g/mol. The highest BCUT2D eigenvalue weighted by molar-refractivity contribution is 5.98. The first kappa shape index (κ1) is 29.1. The molecule has 0 saturated heterocycles. The zero-order chi connectivity index (χ0) is 30.7. The zero-order valence-electron chi connectivity index (χ0n) is 25.3. The minimum absolute atomic E-state index is 0.0959. The van der Waals surface area contributed by atoms with E-state index in [2.05, 4.69) is 82.7 Å². The van der Waals surface area contributed by atoms with Crippen LogP contribution in [-0.2, 0) is 11.1 Å². The van der Waals surface area contributed by atoms with Crippen molar-refractivity contribution in [1.82, 2.24) is 14.9 Å². The van der Waals surface area contributed by atoms with Crippen LogP contribution in [0.1, 0.15) is 59.1 Å². The number of nitrogens with zero attached hydrogens (tertiary/aromatic N) is 2. The molecule has 0 spiro atoms. The fourth-order valence-corrected chi connectivity index (χ4v) is 6.35. The van der Waals surface area contributed by atoms with Crippen molar-refractivity contribution >= 4 is 16.7 Å². The summed E-state index contributed by atoms with van der Waals surface area (Å²) in [5.74, 6) is -0.279. The normalized spacial score (nSPS) is 13.1. The first-order chi connectivity index (χ1) is 21.4. The highest BCUT2D eigenvalue weighted by Gasteiger charge is 2.42. The molecule has 1 amide bonds. The van der Waals surface area contributed by atoms with Gasteiger partial charge < -0.3 is 15.0 Å². The summed E-state index contributed by atoms with van der Waals surface area (Å²) in [5, 5.41) is 17.3. The quantitative estimate of drug-likeness (QED) is 0.174. The molecule has 6 rings (SSSR count). The summed E-state index contributed by atoms with van der Waals surface area (Å²) in [6, 6.07) is 42.9. The van der Waals surface area contributed by atoms with Crippen LogP contribution in [0.3, 0.4) is 0 Å². The van der Waals surface area contributed by atoms with Crippen LogP contribution in [0.2, 0.25) is 0 Å². The molecule has 2 N–H and O–H groups in total. The van der Waals surface area contributed by atoms with Crippen LogP contribution in [-0.4, -0.2) is 27.1 Å². The van der Waals surface area contributed by atoms with Gasteiger partial charge in [0.25, 0.3) is 5.91 Å². The Bertz CT molecular complexity index is 1780. The summed E-state index contributed by atoms with van der Waals surface area (Å²) in [6.45, 7) is 6.51. The van der Waals surface area contributed by atoms with Gasteiger partial charge in [0.2, 0.25) is 0 Å². The molecule has 0 aliphatic carbocycles. The Morgan fingerprint density at radius 3 is 1.80 bits per heavy atom. The van der Waals surface area contributed by atoms with Crippen LogP contribution in [0.15, 0.2) is 140 Å².